The van der Waals surface area contributed by atoms with Crippen molar-refractivity contribution in [2.45, 2.75) is 0 Å². The van der Waals surface area contributed by atoms with Gasteiger partial charge in [-0.2, -0.15) is 0 Å². The van der Waals surface area contributed by atoms with Gasteiger partial charge in [-0.05, 0) is 18.2 Å². The van der Waals surface area contributed by atoms with E-state index < -0.39 is 0 Å². The van der Waals surface area contributed by atoms with Gasteiger partial charge in [0.1, 0.15) is 5.82 Å². The number of hydrogen-bond donors (Lipinski definition) is 2. The lowest BCUT2D eigenvalue weighted by Crippen LogP contribution is -2.50. The molecule has 0 atom stereocenters. The zero-order chi connectivity index (χ0) is 13.4. The van der Waals surface area contributed by atoms with E-state index in [0.29, 0.717) is 28.8 Å². The quantitative estimate of drug-likeness (QED) is 0.837. The van der Waals surface area contributed by atoms with Crippen LogP contribution in [0.2, 0.25) is 10.0 Å². The number of nitrogens with one attached hydrogen (secondary N) is 2. The van der Waals surface area contributed by atoms with Crippen LogP contribution < -0.4 is 15.5 Å². The van der Waals surface area contributed by atoms with Crippen LogP contribution in [0.4, 0.5) is 10.5 Å². The Hall–Kier alpha value is -1.65. The Kier molecular flexibility index (Phi) is 3.12. The first kappa shape index (κ1) is 12.4. The molecular weight excluding hydrogens is 285 g/mol. The fourth-order valence-electron chi connectivity index (χ4n) is 2.14. The molecule has 4 nitrogen and oxygen atoms in total. The van der Waals surface area contributed by atoms with Gasteiger partial charge in [0.2, 0.25) is 0 Å². The van der Waals surface area contributed by atoms with Crippen molar-refractivity contribution in [3.63, 3.8) is 0 Å². The summed E-state index contributed by atoms with van der Waals surface area (Å²) in [4.78, 5) is 13.7. The third kappa shape index (κ3) is 2.17. The number of nitrogens with zero attached hydrogens (tertiary/aromatic N) is 1. The largest absolute Gasteiger partial charge is 0.367 e. The first-order valence-corrected chi connectivity index (χ1v) is 6.59. The van der Waals surface area contributed by atoms with Crippen LogP contribution in [0.25, 0.3) is 0 Å². The fourth-order valence-corrected chi connectivity index (χ4v) is 2.43. The Labute approximate surface area is 120 Å². The van der Waals surface area contributed by atoms with Gasteiger partial charge in [-0.25, -0.2) is 9.69 Å². The summed E-state index contributed by atoms with van der Waals surface area (Å²) >= 11 is 11.9. The predicted molar refractivity (Wildman–Crippen MR) is 76.5 cm³/mol. The predicted octanol–water partition coefficient (Wildman–Crippen LogP) is 2.89. The molecule has 2 N–H and O–H groups in total. The van der Waals surface area contributed by atoms with Crippen LogP contribution >= 0.6 is 23.2 Å². The van der Waals surface area contributed by atoms with Crippen molar-refractivity contribution in [1.82, 2.24) is 10.6 Å². The maximum Gasteiger partial charge on any atom is 0.327 e. The van der Waals surface area contributed by atoms with Crippen molar-refractivity contribution < 1.29 is 4.79 Å². The third-order valence-electron chi connectivity index (χ3n) is 3.03. The van der Waals surface area contributed by atoms with Crippen molar-refractivity contribution in [3.8, 4) is 0 Å². The van der Waals surface area contributed by atoms with Crippen LogP contribution in [-0.2, 0) is 0 Å². The molecule has 0 aliphatic carbocycles. The second kappa shape index (κ2) is 4.79. The molecule has 0 saturated carbocycles. The third-order valence-corrected chi connectivity index (χ3v) is 3.77. The summed E-state index contributed by atoms with van der Waals surface area (Å²) in [5.74, 6) is 0.796. The van der Waals surface area contributed by atoms with E-state index in [9.17, 15) is 4.79 Å². The Morgan fingerprint density at radius 3 is 2.79 bits per heavy atom. The van der Waals surface area contributed by atoms with E-state index in [1.54, 1.807) is 23.1 Å². The number of dihydropyridines is 1. The number of anilines is 1. The number of carbonyl (C=O) groups is 1. The van der Waals surface area contributed by atoms with Crippen LogP contribution in [0.1, 0.15) is 0 Å². The summed E-state index contributed by atoms with van der Waals surface area (Å²) in [7, 11) is 0. The molecule has 0 saturated heterocycles. The molecule has 0 radical (unpaired) electrons. The van der Waals surface area contributed by atoms with Crippen molar-refractivity contribution in [2.24, 2.45) is 0 Å². The number of carbonyl (C=O) groups excluding carboxylic acids is 1. The van der Waals surface area contributed by atoms with Gasteiger partial charge >= 0.3 is 6.03 Å². The van der Waals surface area contributed by atoms with E-state index in [1.807, 2.05) is 12.2 Å². The van der Waals surface area contributed by atoms with E-state index in [4.69, 9.17) is 23.2 Å². The molecule has 0 bridgehead atoms. The van der Waals surface area contributed by atoms with E-state index in [2.05, 4.69) is 10.6 Å². The standard InChI is InChI=1S/C13H11Cl2N3O/c14-10-4-3-9(6-11(10)15)18-12-8(2-1-5-16-12)7-17-13(18)19/h1-4,6,16H,5,7H2,(H,17,19). The topological polar surface area (TPSA) is 44.4 Å². The highest BCUT2D eigenvalue weighted by atomic mass is 35.5. The lowest BCUT2D eigenvalue weighted by Gasteiger charge is -2.33. The van der Waals surface area contributed by atoms with E-state index in [0.717, 1.165) is 11.4 Å². The highest BCUT2D eigenvalue weighted by molar-refractivity contribution is 6.42. The average molecular weight is 296 g/mol. The monoisotopic (exact) mass is 295 g/mol. The summed E-state index contributed by atoms with van der Waals surface area (Å²) in [6.07, 6.45) is 4.03. The minimum absolute atomic E-state index is 0.181. The molecule has 2 aliphatic heterocycles. The van der Waals surface area contributed by atoms with E-state index in [1.165, 1.54) is 0 Å². The van der Waals surface area contributed by atoms with Gasteiger partial charge < -0.3 is 10.6 Å². The molecule has 2 heterocycles. The van der Waals surface area contributed by atoms with Crippen LogP contribution in [-0.4, -0.2) is 19.1 Å². The molecule has 3 rings (SSSR count). The summed E-state index contributed by atoms with van der Waals surface area (Å²) in [6, 6.07) is 4.95. The minimum Gasteiger partial charge on any atom is -0.367 e. The molecule has 0 aromatic heterocycles. The van der Waals surface area contributed by atoms with Gasteiger partial charge in [-0.1, -0.05) is 35.4 Å². The number of benzene rings is 1. The molecule has 1 aromatic rings. The van der Waals surface area contributed by atoms with E-state index in [-0.39, 0.29) is 6.03 Å². The molecule has 6 heteroatoms. The summed E-state index contributed by atoms with van der Waals surface area (Å²) < 4.78 is 0. The highest BCUT2D eigenvalue weighted by Crippen LogP contribution is 2.30. The molecular formula is C13H11Cl2N3O. The Balaban J connectivity index is 2.07. The first-order valence-electron chi connectivity index (χ1n) is 5.83. The van der Waals surface area contributed by atoms with Crippen molar-refractivity contribution >= 4 is 34.9 Å². The van der Waals surface area contributed by atoms with Crippen LogP contribution in [0.3, 0.4) is 0 Å². The zero-order valence-electron chi connectivity index (χ0n) is 9.91. The molecule has 2 amide bonds. The summed E-state index contributed by atoms with van der Waals surface area (Å²) in [5, 5.41) is 6.93. The smallest absolute Gasteiger partial charge is 0.327 e. The number of urea groups is 1. The summed E-state index contributed by atoms with van der Waals surface area (Å²) in [6.45, 7) is 1.22. The van der Waals surface area contributed by atoms with Gasteiger partial charge in [0.15, 0.2) is 0 Å². The Morgan fingerprint density at radius 1 is 1.16 bits per heavy atom. The molecule has 98 valence electrons. The zero-order valence-corrected chi connectivity index (χ0v) is 11.4. The molecule has 19 heavy (non-hydrogen) atoms. The maximum atomic E-state index is 12.1. The van der Waals surface area contributed by atoms with Crippen LogP contribution in [0.15, 0.2) is 41.7 Å². The molecule has 1 aromatic carbocycles. The molecule has 0 fully saturated rings. The van der Waals surface area contributed by atoms with Crippen LogP contribution in [0.5, 0.6) is 0 Å². The number of rotatable bonds is 1. The second-order valence-electron chi connectivity index (χ2n) is 4.25. The molecule has 2 aliphatic rings. The van der Waals surface area contributed by atoms with Crippen LogP contribution in [0, 0.1) is 0 Å². The highest BCUT2D eigenvalue weighted by Gasteiger charge is 2.28. The lowest BCUT2D eigenvalue weighted by molar-refractivity contribution is 0.247. The SMILES string of the molecule is O=C1NCC2=C(NCC=C2)N1c1ccc(Cl)c(Cl)c1. The number of amides is 2. The van der Waals surface area contributed by atoms with Crippen molar-refractivity contribution in [3.05, 3.63) is 51.8 Å². The minimum atomic E-state index is -0.181. The second-order valence-corrected chi connectivity index (χ2v) is 5.06. The first-order chi connectivity index (χ1) is 9.16. The van der Waals surface area contributed by atoms with Gasteiger partial charge in [0, 0.05) is 18.7 Å². The fraction of sp³-hybridized carbons (Fsp3) is 0.154. The lowest BCUT2D eigenvalue weighted by atomic mass is 10.1. The maximum absolute atomic E-state index is 12.1. The van der Waals surface area contributed by atoms with E-state index >= 15 is 0 Å². The summed E-state index contributed by atoms with van der Waals surface area (Å²) in [5.41, 5.74) is 1.72. The normalized spacial score (nSPS) is 18.0. The average Bonchev–Trinajstić information content (AvgIpc) is 2.42. The van der Waals surface area contributed by atoms with Gasteiger partial charge in [0.05, 0.1) is 15.7 Å². The molecule has 0 spiro atoms. The van der Waals surface area contributed by atoms with Gasteiger partial charge in [0.25, 0.3) is 0 Å². The Morgan fingerprint density at radius 2 is 2.00 bits per heavy atom. The van der Waals surface area contributed by atoms with Gasteiger partial charge in [-0.3, -0.25) is 0 Å². The van der Waals surface area contributed by atoms with Crippen molar-refractivity contribution in [2.75, 3.05) is 18.0 Å². The number of hydrogen-bond acceptors (Lipinski definition) is 2. The Bertz CT molecular complexity index is 610. The van der Waals surface area contributed by atoms with Gasteiger partial charge in [-0.15, -0.1) is 0 Å². The van der Waals surface area contributed by atoms with Crippen molar-refractivity contribution in [1.29, 1.82) is 0 Å². The number of halogens is 2. The molecule has 0 unspecified atom stereocenters.